The molecule has 1 fully saturated rings. The van der Waals surface area contributed by atoms with Crippen LogP contribution in [0, 0.1) is 0 Å². The number of aromatic nitrogens is 2. The molecule has 1 N–H and O–H groups in total. The van der Waals surface area contributed by atoms with E-state index in [2.05, 4.69) is 4.98 Å². The molecule has 4 rings (SSSR count). The van der Waals surface area contributed by atoms with E-state index in [1.165, 1.54) is 23.1 Å². The second-order valence-electron chi connectivity index (χ2n) is 6.96. The molecule has 0 saturated carbocycles. The summed E-state index contributed by atoms with van der Waals surface area (Å²) >= 11 is 0. The van der Waals surface area contributed by atoms with Gasteiger partial charge in [-0.25, -0.2) is 17.8 Å². The van der Waals surface area contributed by atoms with Gasteiger partial charge >= 0.3 is 5.69 Å². The molecular formula is C20H19N3O5S. The summed E-state index contributed by atoms with van der Waals surface area (Å²) in [5, 5.41) is 0.281. The van der Waals surface area contributed by atoms with Gasteiger partial charge in [0, 0.05) is 18.7 Å². The summed E-state index contributed by atoms with van der Waals surface area (Å²) in [6.45, 7) is 0.480. The minimum absolute atomic E-state index is 0.0645. The number of H-pyrrole nitrogens is 1. The number of hydrogen-bond acceptors (Lipinski definition) is 5. The van der Waals surface area contributed by atoms with Crippen molar-refractivity contribution in [1.82, 2.24) is 14.5 Å². The number of sulfone groups is 1. The zero-order valence-corrected chi connectivity index (χ0v) is 16.3. The minimum atomic E-state index is -3.13. The zero-order chi connectivity index (χ0) is 20.6. The molecular weight excluding hydrogens is 394 g/mol. The third-order valence-electron chi connectivity index (χ3n) is 5.00. The van der Waals surface area contributed by atoms with Crippen molar-refractivity contribution >= 4 is 26.6 Å². The molecule has 2 aromatic carbocycles. The molecule has 1 amide bonds. The molecule has 0 radical (unpaired) electrons. The Balaban J connectivity index is 1.73. The highest BCUT2D eigenvalue weighted by Crippen LogP contribution is 2.15. The van der Waals surface area contributed by atoms with Crippen LogP contribution in [0.25, 0.3) is 16.6 Å². The molecule has 1 saturated heterocycles. The van der Waals surface area contributed by atoms with Crippen molar-refractivity contribution in [2.24, 2.45) is 0 Å². The average molecular weight is 413 g/mol. The first-order chi connectivity index (χ1) is 13.9. The molecule has 0 spiro atoms. The first kappa shape index (κ1) is 19.1. The van der Waals surface area contributed by atoms with Crippen molar-refractivity contribution in [3.05, 3.63) is 74.9 Å². The molecule has 0 aliphatic carbocycles. The van der Waals surface area contributed by atoms with Crippen LogP contribution in [-0.2, 0) is 9.84 Å². The summed E-state index contributed by atoms with van der Waals surface area (Å²) in [4.78, 5) is 42.3. The molecule has 8 nitrogen and oxygen atoms in total. The molecule has 0 atom stereocenters. The van der Waals surface area contributed by atoms with Crippen molar-refractivity contribution in [2.75, 3.05) is 24.6 Å². The van der Waals surface area contributed by atoms with Crippen LogP contribution in [0.2, 0.25) is 0 Å². The molecule has 2 heterocycles. The van der Waals surface area contributed by atoms with E-state index in [4.69, 9.17) is 0 Å². The van der Waals surface area contributed by atoms with E-state index < -0.39 is 21.1 Å². The van der Waals surface area contributed by atoms with Gasteiger partial charge in [0.25, 0.3) is 11.5 Å². The lowest BCUT2D eigenvalue weighted by molar-refractivity contribution is 0.0768. The van der Waals surface area contributed by atoms with E-state index in [9.17, 15) is 22.8 Å². The Morgan fingerprint density at radius 2 is 1.72 bits per heavy atom. The van der Waals surface area contributed by atoms with Gasteiger partial charge in [-0.05, 0) is 36.8 Å². The largest absolute Gasteiger partial charge is 0.338 e. The predicted octanol–water partition coefficient (Wildman–Crippen LogP) is 0.940. The molecule has 9 heteroatoms. The highest BCUT2D eigenvalue weighted by Gasteiger charge is 2.23. The third kappa shape index (κ3) is 3.73. The number of fused-ring (bicyclic) bond motifs is 1. The van der Waals surface area contributed by atoms with Gasteiger partial charge < -0.3 is 9.88 Å². The van der Waals surface area contributed by atoms with Gasteiger partial charge in [-0.15, -0.1) is 0 Å². The third-order valence-corrected chi connectivity index (χ3v) is 6.72. The highest BCUT2D eigenvalue weighted by molar-refractivity contribution is 7.91. The number of amides is 1. The van der Waals surface area contributed by atoms with Crippen LogP contribution in [0.15, 0.2) is 58.1 Å². The van der Waals surface area contributed by atoms with E-state index in [1.807, 2.05) is 0 Å². The van der Waals surface area contributed by atoms with Crippen molar-refractivity contribution < 1.29 is 13.2 Å². The van der Waals surface area contributed by atoms with Crippen molar-refractivity contribution in [2.45, 2.75) is 6.42 Å². The van der Waals surface area contributed by atoms with Crippen LogP contribution in [0.4, 0.5) is 0 Å². The Kier molecular flexibility index (Phi) is 4.83. The quantitative estimate of drug-likeness (QED) is 0.672. The lowest BCUT2D eigenvalue weighted by Gasteiger charge is -2.20. The zero-order valence-electron chi connectivity index (χ0n) is 15.5. The number of hydrogen-bond donors (Lipinski definition) is 1. The molecule has 1 aliphatic rings. The van der Waals surface area contributed by atoms with E-state index in [-0.39, 0.29) is 34.9 Å². The fourth-order valence-corrected chi connectivity index (χ4v) is 4.76. The Morgan fingerprint density at radius 3 is 2.48 bits per heavy atom. The van der Waals surface area contributed by atoms with Gasteiger partial charge in [0.15, 0.2) is 9.84 Å². The lowest BCUT2D eigenvalue weighted by Crippen LogP contribution is -2.35. The van der Waals surface area contributed by atoms with Gasteiger partial charge in [-0.2, -0.15) is 0 Å². The number of benzene rings is 2. The fourth-order valence-electron chi connectivity index (χ4n) is 3.49. The van der Waals surface area contributed by atoms with Crippen LogP contribution in [0.3, 0.4) is 0 Å². The van der Waals surface area contributed by atoms with Gasteiger partial charge in [-0.3, -0.25) is 9.59 Å². The van der Waals surface area contributed by atoms with Crippen LogP contribution in [-0.4, -0.2) is 53.4 Å². The number of aromatic amines is 1. The summed E-state index contributed by atoms with van der Waals surface area (Å²) < 4.78 is 24.6. The second kappa shape index (κ2) is 7.32. The summed E-state index contributed by atoms with van der Waals surface area (Å²) in [6.07, 6.45) is 0.389. The first-order valence-electron chi connectivity index (χ1n) is 9.20. The smallest absolute Gasteiger partial charge is 0.333 e. The summed E-state index contributed by atoms with van der Waals surface area (Å²) in [6, 6.07) is 13.1. The number of carbonyl (C=O) groups excluding carboxylic acids is 1. The van der Waals surface area contributed by atoms with Crippen LogP contribution >= 0.6 is 0 Å². The second-order valence-corrected chi connectivity index (χ2v) is 9.27. The van der Waals surface area contributed by atoms with E-state index in [0.717, 1.165) is 4.57 Å². The fraction of sp³-hybridized carbons (Fsp3) is 0.250. The maximum atomic E-state index is 12.8. The summed E-state index contributed by atoms with van der Waals surface area (Å²) in [7, 11) is -3.13. The highest BCUT2D eigenvalue weighted by atomic mass is 32.2. The van der Waals surface area contributed by atoms with Crippen LogP contribution in [0.1, 0.15) is 16.8 Å². The number of nitrogens with zero attached hydrogens (tertiary/aromatic N) is 2. The minimum Gasteiger partial charge on any atom is -0.338 e. The van der Waals surface area contributed by atoms with Crippen molar-refractivity contribution in [3.8, 4) is 5.69 Å². The van der Waals surface area contributed by atoms with Gasteiger partial charge in [0.2, 0.25) is 0 Å². The molecule has 0 bridgehead atoms. The Morgan fingerprint density at radius 1 is 0.966 bits per heavy atom. The topological polar surface area (TPSA) is 109 Å². The monoisotopic (exact) mass is 413 g/mol. The van der Waals surface area contributed by atoms with E-state index in [1.54, 1.807) is 30.3 Å². The first-order valence-corrected chi connectivity index (χ1v) is 11.0. The van der Waals surface area contributed by atoms with E-state index >= 15 is 0 Å². The van der Waals surface area contributed by atoms with E-state index in [0.29, 0.717) is 24.2 Å². The molecule has 0 unspecified atom stereocenters. The van der Waals surface area contributed by atoms with Crippen molar-refractivity contribution in [3.63, 3.8) is 0 Å². The molecule has 150 valence electrons. The van der Waals surface area contributed by atoms with Gasteiger partial charge in [0.05, 0.1) is 28.1 Å². The van der Waals surface area contributed by atoms with Crippen LogP contribution in [0.5, 0.6) is 0 Å². The lowest BCUT2D eigenvalue weighted by atomic mass is 10.1. The average Bonchev–Trinajstić information content (AvgIpc) is 2.88. The molecule has 3 aromatic rings. The van der Waals surface area contributed by atoms with Gasteiger partial charge in [0.1, 0.15) is 0 Å². The standard InChI is InChI=1S/C20H19N3O5S/c24-18(22-9-4-11-29(27,28)12-10-22)14-7-8-16-17(13-14)21-20(26)23(19(16)25)15-5-2-1-3-6-15/h1-3,5-8,13H,4,9-12H2,(H,21,26). The SMILES string of the molecule is O=C(c1ccc2c(=O)n(-c3ccccc3)c(=O)[nH]c2c1)N1CCCS(=O)(=O)CC1. The Hall–Kier alpha value is -3.20. The molecule has 29 heavy (non-hydrogen) atoms. The van der Waals surface area contributed by atoms with Gasteiger partial charge in [-0.1, -0.05) is 18.2 Å². The normalized spacial score (nSPS) is 16.5. The predicted molar refractivity (Wildman–Crippen MR) is 109 cm³/mol. The summed E-state index contributed by atoms with van der Waals surface area (Å²) in [5.74, 6) is -0.316. The summed E-state index contributed by atoms with van der Waals surface area (Å²) in [5.41, 5.74) is -0.0645. The maximum absolute atomic E-state index is 12.8. The van der Waals surface area contributed by atoms with Crippen LogP contribution < -0.4 is 11.2 Å². The maximum Gasteiger partial charge on any atom is 0.333 e. The number of para-hydroxylation sites is 1. The van der Waals surface area contributed by atoms with Crippen molar-refractivity contribution in [1.29, 1.82) is 0 Å². The Bertz CT molecular complexity index is 1310. The molecule has 1 aliphatic heterocycles. The number of nitrogens with one attached hydrogen (secondary N) is 1. The number of carbonyl (C=O) groups is 1. The Labute approximate surface area is 166 Å². The molecule has 1 aromatic heterocycles. The number of rotatable bonds is 2.